The van der Waals surface area contributed by atoms with Crippen LogP contribution in [0.3, 0.4) is 0 Å². The summed E-state index contributed by atoms with van der Waals surface area (Å²) in [6, 6.07) is 18.8. The Morgan fingerprint density at radius 1 is 1.00 bits per heavy atom. The second kappa shape index (κ2) is 6.86. The summed E-state index contributed by atoms with van der Waals surface area (Å²) in [7, 11) is 0. The van der Waals surface area contributed by atoms with Crippen LogP contribution in [0.5, 0.6) is 0 Å². The van der Waals surface area contributed by atoms with Crippen LogP contribution in [0.25, 0.3) is 11.0 Å². The first kappa shape index (κ1) is 16.6. The Bertz CT molecular complexity index is 949. The van der Waals surface area contributed by atoms with Crippen LogP contribution in [0.1, 0.15) is 28.8 Å². The zero-order valence-electron chi connectivity index (χ0n) is 15.4. The quantitative estimate of drug-likeness (QED) is 0.703. The van der Waals surface area contributed by atoms with Crippen LogP contribution >= 0.6 is 0 Å². The summed E-state index contributed by atoms with van der Waals surface area (Å²) in [4.78, 5) is 17.8. The molecule has 2 bridgehead atoms. The maximum absolute atomic E-state index is 13.2. The molecule has 3 aromatic rings. The molecule has 6 rings (SSSR count). The van der Waals surface area contributed by atoms with Gasteiger partial charge in [0.05, 0.1) is 6.26 Å². The van der Waals surface area contributed by atoms with Gasteiger partial charge in [0.1, 0.15) is 5.58 Å². The van der Waals surface area contributed by atoms with Crippen molar-refractivity contribution in [2.24, 2.45) is 5.92 Å². The van der Waals surface area contributed by atoms with E-state index in [2.05, 4.69) is 40.1 Å². The van der Waals surface area contributed by atoms with Crippen molar-refractivity contribution in [3.8, 4) is 0 Å². The third-order valence-electron chi connectivity index (χ3n) is 6.04. The van der Waals surface area contributed by atoms with E-state index in [1.807, 2.05) is 24.3 Å². The number of amides is 1. The van der Waals surface area contributed by atoms with Crippen molar-refractivity contribution < 1.29 is 9.21 Å². The molecule has 0 saturated carbocycles. The predicted octanol–water partition coefficient (Wildman–Crippen LogP) is 4.17. The molecule has 3 aliphatic heterocycles. The Balaban J connectivity index is 1.35. The van der Waals surface area contributed by atoms with E-state index in [4.69, 9.17) is 4.42 Å². The molecule has 2 atom stereocenters. The number of carbonyl (C=O) groups is 1. The first-order valence-electron chi connectivity index (χ1n) is 9.81. The zero-order chi connectivity index (χ0) is 18.2. The fourth-order valence-electron chi connectivity index (χ4n) is 4.64. The number of nitrogens with zero attached hydrogens (tertiary/aromatic N) is 2. The molecule has 1 amide bonds. The number of furan rings is 1. The molecule has 27 heavy (non-hydrogen) atoms. The third-order valence-corrected chi connectivity index (χ3v) is 6.04. The van der Waals surface area contributed by atoms with Crippen LogP contribution in [-0.2, 0) is 6.54 Å². The number of fused-ring (bicyclic) bond motifs is 5. The fourth-order valence-corrected chi connectivity index (χ4v) is 4.64. The maximum Gasteiger partial charge on any atom is 0.253 e. The standard InChI is InChI=1S/C23H24N2O2/c26-23(20-7-9-22-19(12-20)10-11-27-22)25-15-18-6-8-21(16-25)24(14-18)13-17-4-2-1-3-5-17/h1-5,7,9-12,18,21H,6,8,13-16H2/t18-,21-/m1/s1. The van der Waals surface area contributed by atoms with Gasteiger partial charge in [0.2, 0.25) is 0 Å². The van der Waals surface area contributed by atoms with Crippen LogP contribution in [0.4, 0.5) is 0 Å². The summed E-state index contributed by atoms with van der Waals surface area (Å²) >= 11 is 0. The molecular weight excluding hydrogens is 336 g/mol. The molecule has 0 radical (unpaired) electrons. The van der Waals surface area contributed by atoms with E-state index in [0.29, 0.717) is 12.0 Å². The third kappa shape index (κ3) is 3.26. The molecule has 3 fully saturated rings. The molecule has 0 aliphatic carbocycles. The van der Waals surface area contributed by atoms with Gasteiger partial charge >= 0.3 is 0 Å². The van der Waals surface area contributed by atoms with Crippen molar-refractivity contribution in [3.63, 3.8) is 0 Å². The van der Waals surface area contributed by atoms with Crippen LogP contribution in [0.2, 0.25) is 0 Å². The highest BCUT2D eigenvalue weighted by Crippen LogP contribution is 2.30. The Kier molecular flexibility index (Phi) is 4.21. The van der Waals surface area contributed by atoms with E-state index in [0.717, 1.165) is 42.7 Å². The van der Waals surface area contributed by atoms with Gasteiger partial charge in [-0.2, -0.15) is 0 Å². The van der Waals surface area contributed by atoms with E-state index in [1.165, 1.54) is 18.4 Å². The highest BCUT2D eigenvalue weighted by Gasteiger charge is 2.36. The Hall–Kier alpha value is -2.59. The van der Waals surface area contributed by atoms with E-state index < -0.39 is 0 Å². The molecule has 0 spiro atoms. The van der Waals surface area contributed by atoms with Gasteiger partial charge in [0.15, 0.2) is 0 Å². The summed E-state index contributed by atoms with van der Waals surface area (Å²) in [5, 5.41) is 0.990. The lowest BCUT2D eigenvalue weighted by Crippen LogP contribution is -2.43. The molecule has 0 unspecified atom stereocenters. The average molecular weight is 360 g/mol. The smallest absolute Gasteiger partial charge is 0.253 e. The van der Waals surface area contributed by atoms with Crippen LogP contribution < -0.4 is 0 Å². The van der Waals surface area contributed by atoms with E-state index in [9.17, 15) is 4.79 Å². The predicted molar refractivity (Wildman–Crippen MR) is 105 cm³/mol. The molecule has 0 N–H and O–H groups in total. The molecule has 1 aromatic heterocycles. The molecule has 4 heterocycles. The summed E-state index contributed by atoms with van der Waals surface area (Å²) in [6.07, 6.45) is 4.08. The Morgan fingerprint density at radius 3 is 2.78 bits per heavy atom. The monoisotopic (exact) mass is 360 g/mol. The number of rotatable bonds is 3. The number of benzene rings is 2. The largest absolute Gasteiger partial charge is 0.464 e. The lowest BCUT2D eigenvalue weighted by Gasteiger charge is -2.36. The molecule has 2 aromatic carbocycles. The Morgan fingerprint density at radius 2 is 1.89 bits per heavy atom. The van der Waals surface area contributed by atoms with Crippen molar-refractivity contribution in [1.82, 2.24) is 9.80 Å². The normalized spacial score (nSPS) is 22.9. The number of carbonyl (C=O) groups excluding carboxylic acids is 1. The number of hydrogen-bond acceptors (Lipinski definition) is 3. The van der Waals surface area contributed by atoms with Gasteiger partial charge in [-0.1, -0.05) is 30.3 Å². The van der Waals surface area contributed by atoms with Gasteiger partial charge in [-0.3, -0.25) is 9.69 Å². The van der Waals surface area contributed by atoms with Gasteiger partial charge in [0.25, 0.3) is 5.91 Å². The molecule has 4 nitrogen and oxygen atoms in total. The SMILES string of the molecule is O=C(c1ccc2occc2c1)N1C[C@@H]2CC[C@H](C1)N(Cc1ccccc1)C2. The Labute approximate surface area is 159 Å². The summed E-state index contributed by atoms with van der Waals surface area (Å²) in [6.45, 7) is 3.75. The number of hydrogen-bond donors (Lipinski definition) is 0. The lowest BCUT2D eigenvalue weighted by atomic mass is 9.94. The molecule has 3 aliphatic rings. The van der Waals surface area contributed by atoms with Crippen molar-refractivity contribution in [2.75, 3.05) is 19.6 Å². The van der Waals surface area contributed by atoms with Crippen molar-refractivity contribution in [2.45, 2.75) is 25.4 Å². The molecule has 138 valence electrons. The van der Waals surface area contributed by atoms with Crippen molar-refractivity contribution >= 4 is 16.9 Å². The molecule has 4 heteroatoms. The minimum atomic E-state index is 0.150. The summed E-state index contributed by atoms with van der Waals surface area (Å²) in [5.41, 5.74) is 2.95. The second-order valence-corrected chi connectivity index (χ2v) is 7.90. The minimum Gasteiger partial charge on any atom is -0.464 e. The first-order chi connectivity index (χ1) is 13.3. The molecule has 3 saturated heterocycles. The average Bonchev–Trinajstić information content (AvgIpc) is 2.99. The van der Waals surface area contributed by atoms with E-state index in [1.54, 1.807) is 6.26 Å². The van der Waals surface area contributed by atoms with Crippen LogP contribution in [0.15, 0.2) is 65.3 Å². The second-order valence-electron chi connectivity index (χ2n) is 7.90. The fraction of sp³-hybridized carbons (Fsp3) is 0.348. The highest BCUT2D eigenvalue weighted by atomic mass is 16.3. The lowest BCUT2D eigenvalue weighted by molar-refractivity contribution is 0.0736. The topological polar surface area (TPSA) is 36.7 Å². The first-order valence-corrected chi connectivity index (χ1v) is 9.81. The maximum atomic E-state index is 13.2. The zero-order valence-corrected chi connectivity index (χ0v) is 15.4. The van der Waals surface area contributed by atoms with Gasteiger partial charge in [-0.05, 0) is 48.6 Å². The van der Waals surface area contributed by atoms with E-state index in [-0.39, 0.29) is 5.91 Å². The summed E-state index contributed by atoms with van der Waals surface area (Å²) < 4.78 is 5.40. The van der Waals surface area contributed by atoms with Crippen LogP contribution in [0, 0.1) is 5.92 Å². The van der Waals surface area contributed by atoms with E-state index >= 15 is 0 Å². The van der Waals surface area contributed by atoms with Crippen LogP contribution in [-0.4, -0.2) is 41.4 Å². The van der Waals surface area contributed by atoms with Gasteiger partial charge in [0, 0.05) is 43.2 Å². The van der Waals surface area contributed by atoms with Gasteiger partial charge in [-0.25, -0.2) is 0 Å². The highest BCUT2D eigenvalue weighted by molar-refractivity contribution is 5.97. The number of piperidine rings is 1. The van der Waals surface area contributed by atoms with Crippen molar-refractivity contribution in [3.05, 3.63) is 72.0 Å². The van der Waals surface area contributed by atoms with Gasteiger partial charge < -0.3 is 9.32 Å². The van der Waals surface area contributed by atoms with Crippen molar-refractivity contribution in [1.29, 1.82) is 0 Å². The van der Waals surface area contributed by atoms with Gasteiger partial charge in [-0.15, -0.1) is 0 Å². The minimum absolute atomic E-state index is 0.150. The molecular formula is C23H24N2O2. The summed E-state index contributed by atoms with van der Waals surface area (Å²) in [5.74, 6) is 0.714.